The fraction of sp³-hybridized carbons (Fsp3) is 0.778. The van der Waals surface area contributed by atoms with Crippen LogP contribution in [0.1, 0.15) is 25.1 Å². The van der Waals surface area contributed by atoms with E-state index in [1.807, 2.05) is 6.92 Å². The predicted octanol–water partition coefficient (Wildman–Crippen LogP) is 1.43. The molecule has 5 nitrogen and oxygen atoms in total. The summed E-state index contributed by atoms with van der Waals surface area (Å²) in [5, 5.41) is 3.49. The highest BCUT2D eigenvalue weighted by molar-refractivity contribution is 4.87. The predicted molar refractivity (Wildman–Crippen MR) is 52.0 cm³/mol. The standard InChI is InChI=1S/C9H14F3N3O2/c1-2-6(13)3-8-14-7(15-17-8)4-16-5-9(10,11)12/h6H,2-5,13H2,1H3. The summed E-state index contributed by atoms with van der Waals surface area (Å²) in [6, 6.07) is -0.0978. The van der Waals surface area contributed by atoms with E-state index >= 15 is 0 Å². The van der Waals surface area contributed by atoms with Crippen molar-refractivity contribution in [2.24, 2.45) is 5.73 Å². The quantitative estimate of drug-likeness (QED) is 0.830. The van der Waals surface area contributed by atoms with Crippen molar-refractivity contribution >= 4 is 0 Å². The molecule has 0 radical (unpaired) electrons. The molecule has 0 saturated carbocycles. The van der Waals surface area contributed by atoms with E-state index in [9.17, 15) is 13.2 Å². The molecular formula is C9H14F3N3O2. The Morgan fingerprint density at radius 1 is 1.47 bits per heavy atom. The molecule has 8 heteroatoms. The van der Waals surface area contributed by atoms with Crippen molar-refractivity contribution in [2.75, 3.05) is 6.61 Å². The van der Waals surface area contributed by atoms with Crippen LogP contribution in [0.2, 0.25) is 0 Å². The summed E-state index contributed by atoms with van der Waals surface area (Å²) in [7, 11) is 0. The van der Waals surface area contributed by atoms with Gasteiger partial charge in [0.15, 0.2) is 5.82 Å². The van der Waals surface area contributed by atoms with Crippen LogP contribution in [0.15, 0.2) is 4.52 Å². The first-order valence-electron chi connectivity index (χ1n) is 5.12. The van der Waals surface area contributed by atoms with E-state index in [0.717, 1.165) is 6.42 Å². The summed E-state index contributed by atoms with van der Waals surface area (Å²) in [5.74, 6) is 0.400. The normalized spacial score (nSPS) is 13.9. The third-order valence-electron chi connectivity index (χ3n) is 1.97. The molecule has 1 unspecified atom stereocenters. The molecule has 2 N–H and O–H groups in total. The Labute approximate surface area is 96.1 Å². The molecule has 1 rings (SSSR count). The van der Waals surface area contributed by atoms with E-state index in [1.54, 1.807) is 0 Å². The minimum Gasteiger partial charge on any atom is -0.364 e. The topological polar surface area (TPSA) is 74.2 Å². The average molecular weight is 253 g/mol. The fourth-order valence-corrected chi connectivity index (χ4v) is 1.06. The lowest BCUT2D eigenvalue weighted by Gasteiger charge is -2.04. The highest BCUT2D eigenvalue weighted by Gasteiger charge is 2.27. The lowest BCUT2D eigenvalue weighted by Crippen LogP contribution is -2.21. The molecule has 1 heterocycles. The van der Waals surface area contributed by atoms with E-state index < -0.39 is 12.8 Å². The minimum atomic E-state index is -4.35. The van der Waals surface area contributed by atoms with Crippen molar-refractivity contribution < 1.29 is 22.4 Å². The summed E-state index contributed by atoms with van der Waals surface area (Å²) in [5.41, 5.74) is 5.66. The van der Waals surface area contributed by atoms with Crippen LogP contribution in [-0.2, 0) is 17.8 Å². The summed E-state index contributed by atoms with van der Waals surface area (Å²) < 4.78 is 44.5. The van der Waals surface area contributed by atoms with Gasteiger partial charge in [0.2, 0.25) is 5.89 Å². The van der Waals surface area contributed by atoms with Gasteiger partial charge in [0, 0.05) is 12.5 Å². The maximum Gasteiger partial charge on any atom is 0.411 e. The van der Waals surface area contributed by atoms with Gasteiger partial charge in [0.25, 0.3) is 0 Å². The zero-order valence-electron chi connectivity index (χ0n) is 9.33. The van der Waals surface area contributed by atoms with Gasteiger partial charge < -0.3 is 15.0 Å². The number of nitrogens with zero attached hydrogens (tertiary/aromatic N) is 2. The molecule has 0 amide bonds. The van der Waals surface area contributed by atoms with Crippen LogP contribution in [0.5, 0.6) is 0 Å². The monoisotopic (exact) mass is 253 g/mol. The molecule has 0 spiro atoms. The largest absolute Gasteiger partial charge is 0.411 e. The van der Waals surface area contributed by atoms with Gasteiger partial charge in [-0.05, 0) is 6.42 Å². The first-order chi connectivity index (χ1) is 7.90. The first kappa shape index (κ1) is 13.9. The van der Waals surface area contributed by atoms with Crippen LogP contribution in [0.4, 0.5) is 13.2 Å². The number of halogens is 3. The van der Waals surface area contributed by atoms with Crippen molar-refractivity contribution in [1.82, 2.24) is 10.1 Å². The van der Waals surface area contributed by atoms with E-state index in [0.29, 0.717) is 12.3 Å². The van der Waals surface area contributed by atoms with Gasteiger partial charge in [-0.2, -0.15) is 18.2 Å². The second kappa shape index (κ2) is 5.97. The minimum absolute atomic E-state index is 0.0903. The zero-order chi connectivity index (χ0) is 12.9. The van der Waals surface area contributed by atoms with Crippen LogP contribution in [0.3, 0.4) is 0 Å². The SMILES string of the molecule is CCC(N)Cc1nc(COCC(F)(F)F)no1. The van der Waals surface area contributed by atoms with Crippen molar-refractivity contribution in [1.29, 1.82) is 0 Å². The highest BCUT2D eigenvalue weighted by atomic mass is 19.4. The molecule has 98 valence electrons. The number of nitrogens with two attached hydrogens (primary N) is 1. The van der Waals surface area contributed by atoms with Gasteiger partial charge in [-0.15, -0.1) is 0 Å². The Morgan fingerprint density at radius 2 is 2.18 bits per heavy atom. The van der Waals surface area contributed by atoms with Crippen molar-refractivity contribution in [3.8, 4) is 0 Å². The Morgan fingerprint density at radius 3 is 2.76 bits per heavy atom. The molecule has 1 aromatic rings. The van der Waals surface area contributed by atoms with Crippen molar-refractivity contribution in [3.63, 3.8) is 0 Å². The molecule has 0 aliphatic rings. The Balaban J connectivity index is 2.36. The maximum atomic E-state index is 11.8. The highest BCUT2D eigenvalue weighted by Crippen LogP contribution is 2.15. The lowest BCUT2D eigenvalue weighted by atomic mass is 10.2. The van der Waals surface area contributed by atoms with E-state index in [2.05, 4.69) is 14.9 Å². The Bertz CT molecular complexity index is 340. The van der Waals surface area contributed by atoms with Crippen LogP contribution < -0.4 is 5.73 Å². The molecule has 0 fully saturated rings. The number of aromatic nitrogens is 2. The second-order valence-electron chi connectivity index (χ2n) is 3.58. The molecule has 0 aliphatic heterocycles. The summed E-state index contributed by atoms with van der Waals surface area (Å²) in [4.78, 5) is 3.87. The first-order valence-corrected chi connectivity index (χ1v) is 5.12. The van der Waals surface area contributed by atoms with Crippen LogP contribution in [-0.4, -0.2) is 29.0 Å². The Hall–Kier alpha value is -1.15. The summed E-state index contributed by atoms with van der Waals surface area (Å²) in [6.07, 6.45) is -3.19. The van der Waals surface area contributed by atoms with E-state index in [-0.39, 0.29) is 18.5 Å². The van der Waals surface area contributed by atoms with E-state index in [4.69, 9.17) is 10.3 Å². The molecule has 0 aromatic carbocycles. The van der Waals surface area contributed by atoms with Gasteiger partial charge in [-0.25, -0.2) is 0 Å². The van der Waals surface area contributed by atoms with Gasteiger partial charge in [-0.3, -0.25) is 0 Å². The third kappa shape index (κ3) is 5.64. The number of rotatable bonds is 6. The zero-order valence-corrected chi connectivity index (χ0v) is 9.33. The van der Waals surface area contributed by atoms with Gasteiger partial charge in [0.05, 0.1) is 0 Å². The van der Waals surface area contributed by atoms with Crippen LogP contribution in [0.25, 0.3) is 0 Å². The second-order valence-corrected chi connectivity index (χ2v) is 3.58. The number of alkyl halides is 3. The van der Waals surface area contributed by atoms with Crippen molar-refractivity contribution in [3.05, 3.63) is 11.7 Å². The molecule has 0 aliphatic carbocycles. The number of hydrogen-bond donors (Lipinski definition) is 1. The molecule has 17 heavy (non-hydrogen) atoms. The molecule has 1 atom stereocenters. The van der Waals surface area contributed by atoms with Crippen molar-refractivity contribution in [2.45, 2.75) is 38.6 Å². The van der Waals surface area contributed by atoms with Gasteiger partial charge >= 0.3 is 6.18 Å². The van der Waals surface area contributed by atoms with Crippen LogP contribution in [0, 0.1) is 0 Å². The smallest absolute Gasteiger partial charge is 0.364 e. The molecular weight excluding hydrogens is 239 g/mol. The maximum absolute atomic E-state index is 11.8. The van der Waals surface area contributed by atoms with E-state index in [1.165, 1.54) is 0 Å². The lowest BCUT2D eigenvalue weighted by molar-refractivity contribution is -0.177. The molecule has 0 bridgehead atoms. The average Bonchev–Trinajstić information content (AvgIpc) is 2.63. The third-order valence-corrected chi connectivity index (χ3v) is 1.97. The fourth-order valence-electron chi connectivity index (χ4n) is 1.06. The van der Waals surface area contributed by atoms with Gasteiger partial charge in [0.1, 0.15) is 13.2 Å². The summed E-state index contributed by atoms with van der Waals surface area (Å²) in [6.45, 7) is 0.254. The summed E-state index contributed by atoms with van der Waals surface area (Å²) >= 11 is 0. The number of hydrogen-bond acceptors (Lipinski definition) is 5. The van der Waals surface area contributed by atoms with Gasteiger partial charge in [-0.1, -0.05) is 12.1 Å². The molecule has 1 aromatic heterocycles. The Kier molecular flexibility index (Phi) is 4.88. The van der Waals surface area contributed by atoms with Crippen LogP contribution >= 0.6 is 0 Å². The molecule has 0 saturated heterocycles. The number of ether oxygens (including phenoxy) is 1.